The fraction of sp³-hybridized carbons (Fsp3) is 0.529. The summed E-state index contributed by atoms with van der Waals surface area (Å²) in [6.45, 7) is 3.22. The van der Waals surface area contributed by atoms with E-state index in [4.69, 9.17) is 9.47 Å². The molecule has 5 heteroatoms. The first-order chi connectivity index (χ1) is 10.4. The van der Waals surface area contributed by atoms with Crippen molar-refractivity contribution in [1.82, 2.24) is 0 Å². The standard InChI is InChI=1S/C17H22O5/c1-10(17(20)21-3)16(12-4-5-12)13-6-7-15(19)14(8-13)9-22-11(2)18/h6-8,10,12,16,19H,4-5,9H2,1-3H3/t10-,16?/m1/s1. The van der Waals surface area contributed by atoms with Crippen LogP contribution in [0.2, 0.25) is 0 Å². The van der Waals surface area contributed by atoms with Crippen molar-refractivity contribution in [2.75, 3.05) is 7.11 Å². The molecule has 22 heavy (non-hydrogen) atoms. The molecule has 1 N–H and O–H groups in total. The van der Waals surface area contributed by atoms with Gasteiger partial charge in [-0.05, 0) is 42.4 Å². The number of methoxy groups -OCH3 is 1. The zero-order valence-electron chi connectivity index (χ0n) is 13.2. The third-order valence-electron chi connectivity index (χ3n) is 4.16. The third-order valence-corrected chi connectivity index (χ3v) is 4.16. The smallest absolute Gasteiger partial charge is 0.309 e. The summed E-state index contributed by atoms with van der Waals surface area (Å²) in [5.74, 6) is -0.267. The molecule has 2 atom stereocenters. The van der Waals surface area contributed by atoms with Crippen molar-refractivity contribution in [2.24, 2.45) is 11.8 Å². The fourth-order valence-corrected chi connectivity index (χ4v) is 2.86. The van der Waals surface area contributed by atoms with E-state index in [0.29, 0.717) is 11.5 Å². The van der Waals surface area contributed by atoms with Crippen LogP contribution >= 0.6 is 0 Å². The molecule has 5 nitrogen and oxygen atoms in total. The fourth-order valence-electron chi connectivity index (χ4n) is 2.86. The summed E-state index contributed by atoms with van der Waals surface area (Å²) in [5, 5.41) is 9.89. The first-order valence-corrected chi connectivity index (χ1v) is 7.47. The summed E-state index contributed by atoms with van der Waals surface area (Å²) >= 11 is 0. The van der Waals surface area contributed by atoms with E-state index in [-0.39, 0.29) is 30.2 Å². The number of phenolic OH excluding ortho intramolecular Hbond substituents is 1. The Hall–Kier alpha value is -2.04. The average molecular weight is 306 g/mol. The predicted octanol–water partition coefficient (Wildman–Crippen LogP) is 2.76. The molecule has 2 rings (SSSR count). The molecule has 1 aliphatic rings. The lowest BCUT2D eigenvalue weighted by Crippen LogP contribution is -2.22. The highest BCUT2D eigenvalue weighted by Gasteiger charge is 2.39. The number of rotatable bonds is 6. The minimum Gasteiger partial charge on any atom is -0.508 e. The molecule has 0 heterocycles. The van der Waals surface area contributed by atoms with E-state index in [1.807, 2.05) is 19.1 Å². The van der Waals surface area contributed by atoms with Crippen molar-refractivity contribution in [3.63, 3.8) is 0 Å². The van der Waals surface area contributed by atoms with E-state index in [1.54, 1.807) is 6.07 Å². The van der Waals surface area contributed by atoms with Crippen LogP contribution in [0.3, 0.4) is 0 Å². The molecule has 0 aliphatic heterocycles. The topological polar surface area (TPSA) is 72.8 Å². The van der Waals surface area contributed by atoms with Gasteiger partial charge in [-0.25, -0.2) is 0 Å². The molecule has 0 bridgehead atoms. The Morgan fingerprint density at radius 1 is 1.36 bits per heavy atom. The minimum atomic E-state index is -0.397. The Labute approximate surface area is 130 Å². The van der Waals surface area contributed by atoms with Gasteiger partial charge in [-0.3, -0.25) is 9.59 Å². The third kappa shape index (κ3) is 3.78. The van der Waals surface area contributed by atoms with Crippen LogP contribution in [0.5, 0.6) is 5.75 Å². The van der Waals surface area contributed by atoms with Crippen LogP contribution < -0.4 is 0 Å². The van der Waals surface area contributed by atoms with Crippen LogP contribution in [0.25, 0.3) is 0 Å². The molecule has 1 unspecified atom stereocenters. The molecule has 1 aromatic carbocycles. The van der Waals surface area contributed by atoms with Gasteiger partial charge in [-0.15, -0.1) is 0 Å². The first-order valence-electron chi connectivity index (χ1n) is 7.47. The summed E-state index contributed by atoms with van der Waals surface area (Å²) in [4.78, 5) is 22.8. The SMILES string of the molecule is COC(=O)[C@H](C)C(c1ccc(O)c(COC(C)=O)c1)C1CC1. The van der Waals surface area contributed by atoms with E-state index in [2.05, 4.69) is 0 Å². The number of ether oxygens (including phenoxy) is 2. The monoisotopic (exact) mass is 306 g/mol. The van der Waals surface area contributed by atoms with Crippen molar-refractivity contribution in [1.29, 1.82) is 0 Å². The molecule has 1 fully saturated rings. The van der Waals surface area contributed by atoms with Gasteiger partial charge in [0, 0.05) is 12.5 Å². The molecule has 0 radical (unpaired) electrons. The Morgan fingerprint density at radius 2 is 2.05 bits per heavy atom. The van der Waals surface area contributed by atoms with Gasteiger partial charge in [0.1, 0.15) is 12.4 Å². The highest BCUT2D eigenvalue weighted by atomic mass is 16.5. The van der Waals surface area contributed by atoms with Gasteiger partial charge in [0.15, 0.2) is 0 Å². The number of carbonyl (C=O) groups is 2. The van der Waals surface area contributed by atoms with Crippen LogP contribution in [0.15, 0.2) is 18.2 Å². The lowest BCUT2D eigenvalue weighted by molar-refractivity contribution is -0.146. The Morgan fingerprint density at radius 3 is 2.59 bits per heavy atom. The Kier molecular flexibility index (Phi) is 5.06. The summed E-state index contributed by atoms with van der Waals surface area (Å²) < 4.78 is 9.83. The maximum absolute atomic E-state index is 11.9. The quantitative estimate of drug-likeness (QED) is 0.818. The van der Waals surface area contributed by atoms with Crippen molar-refractivity contribution in [3.05, 3.63) is 29.3 Å². The lowest BCUT2D eigenvalue weighted by Gasteiger charge is -2.23. The van der Waals surface area contributed by atoms with Crippen LogP contribution in [0, 0.1) is 11.8 Å². The van der Waals surface area contributed by atoms with Gasteiger partial charge < -0.3 is 14.6 Å². The molecular formula is C17H22O5. The van der Waals surface area contributed by atoms with Gasteiger partial charge in [0.2, 0.25) is 0 Å². The summed E-state index contributed by atoms with van der Waals surface area (Å²) in [5.41, 5.74) is 1.52. The molecule has 0 spiro atoms. The van der Waals surface area contributed by atoms with Gasteiger partial charge in [0.25, 0.3) is 0 Å². The van der Waals surface area contributed by atoms with Crippen LogP contribution in [-0.2, 0) is 25.7 Å². The van der Waals surface area contributed by atoms with Crippen molar-refractivity contribution >= 4 is 11.9 Å². The van der Waals surface area contributed by atoms with E-state index in [1.165, 1.54) is 14.0 Å². The number of esters is 2. The molecule has 120 valence electrons. The number of benzene rings is 1. The van der Waals surface area contributed by atoms with Crippen LogP contribution in [0.1, 0.15) is 43.7 Å². The molecular weight excluding hydrogens is 284 g/mol. The largest absolute Gasteiger partial charge is 0.508 e. The van der Waals surface area contributed by atoms with E-state index in [0.717, 1.165) is 18.4 Å². The number of phenols is 1. The maximum atomic E-state index is 11.9. The van der Waals surface area contributed by atoms with Gasteiger partial charge in [0.05, 0.1) is 13.0 Å². The summed E-state index contributed by atoms with van der Waals surface area (Å²) in [6, 6.07) is 5.24. The van der Waals surface area contributed by atoms with Crippen LogP contribution in [0.4, 0.5) is 0 Å². The normalized spacial score (nSPS) is 16.7. The van der Waals surface area contributed by atoms with E-state index < -0.39 is 5.97 Å². The van der Waals surface area contributed by atoms with Gasteiger partial charge in [-0.1, -0.05) is 13.0 Å². The van der Waals surface area contributed by atoms with Crippen molar-refractivity contribution in [3.8, 4) is 5.75 Å². The van der Waals surface area contributed by atoms with Gasteiger partial charge >= 0.3 is 11.9 Å². The molecule has 0 amide bonds. The van der Waals surface area contributed by atoms with Crippen molar-refractivity contribution < 1.29 is 24.2 Å². The highest BCUT2D eigenvalue weighted by Crippen LogP contribution is 2.47. The predicted molar refractivity (Wildman–Crippen MR) is 80.2 cm³/mol. The molecule has 1 aromatic rings. The number of aromatic hydroxyl groups is 1. The van der Waals surface area contributed by atoms with Crippen molar-refractivity contribution in [2.45, 2.75) is 39.2 Å². The molecule has 0 aromatic heterocycles. The number of hydrogen-bond donors (Lipinski definition) is 1. The van der Waals surface area contributed by atoms with E-state index >= 15 is 0 Å². The molecule has 1 aliphatic carbocycles. The molecule has 1 saturated carbocycles. The Bertz CT molecular complexity index is 562. The Balaban J connectivity index is 2.26. The summed E-state index contributed by atoms with van der Waals surface area (Å²) in [7, 11) is 1.39. The second-order valence-corrected chi connectivity index (χ2v) is 5.84. The second-order valence-electron chi connectivity index (χ2n) is 5.84. The zero-order chi connectivity index (χ0) is 16.3. The molecule has 0 saturated heterocycles. The minimum absolute atomic E-state index is 0.0268. The van der Waals surface area contributed by atoms with Gasteiger partial charge in [-0.2, -0.15) is 0 Å². The maximum Gasteiger partial charge on any atom is 0.309 e. The van der Waals surface area contributed by atoms with Crippen LogP contribution in [-0.4, -0.2) is 24.2 Å². The second kappa shape index (κ2) is 6.81. The number of hydrogen-bond acceptors (Lipinski definition) is 5. The lowest BCUT2D eigenvalue weighted by atomic mass is 9.82. The number of carbonyl (C=O) groups excluding carboxylic acids is 2. The first kappa shape index (κ1) is 16.3. The van der Waals surface area contributed by atoms with E-state index in [9.17, 15) is 14.7 Å². The highest BCUT2D eigenvalue weighted by molar-refractivity contribution is 5.73. The summed E-state index contributed by atoms with van der Waals surface area (Å²) in [6.07, 6.45) is 2.18. The zero-order valence-corrected chi connectivity index (χ0v) is 13.2. The average Bonchev–Trinajstić information content (AvgIpc) is 3.31.